The van der Waals surface area contributed by atoms with Crippen LogP contribution in [0.4, 0.5) is 5.69 Å². The van der Waals surface area contributed by atoms with E-state index in [4.69, 9.17) is 4.74 Å². The smallest absolute Gasteiger partial charge is 0.235 e. The van der Waals surface area contributed by atoms with Crippen molar-refractivity contribution >= 4 is 23.4 Å². The Bertz CT molecular complexity index is 741. The Kier molecular flexibility index (Phi) is 4.54. The van der Waals surface area contributed by atoms with Crippen molar-refractivity contribution in [3.63, 3.8) is 0 Å². The van der Waals surface area contributed by atoms with Crippen molar-refractivity contribution in [3.05, 3.63) is 24.3 Å². The van der Waals surface area contributed by atoms with E-state index >= 15 is 0 Å². The Morgan fingerprint density at radius 2 is 1.88 bits per heavy atom. The number of benzene rings is 1. The topological polar surface area (TPSA) is 75.7 Å². The summed E-state index contributed by atoms with van der Waals surface area (Å²) >= 11 is 0. The number of methoxy groups -OCH3 is 1. The molecule has 1 heterocycles. The number of nitrogens with one attached hydrogen (secondary N) is 1. The molecular formula is C20H26N2O4. The monoisotopic (exact) mass is 358 g/mol. The van der Waals surface area contributed by atoms with Crippen LogP contribution in [0.1, 0.15) is 40.0 Å². The van der Waals surface area contributed by atoms with E-state index in [0.717, 1.165) is 12.8 Å². The number of amides is 3. The largest absolute Gasteiger partial charge is 0.497 e. The van der Waals surface area contributed by atoms with E-state index in [1.807, 2.05) is 20.8 Å². The van der Waals surface area contributed by atoms with Crippen LogP contribution in [0, 0.1) is 16.7 Å². The molecule has 0 radical (unpaired) electrons. The minimum Gasteiger partial charge on any atom is -0.497 e. The molecule has 1 aromatic rings. The molecule has 26 heavy (non-hydrogen) atoms. The van der Waals surface area contributed by atoms with E-state index in [9.17, 15) is 14.4 Å². The van der Waals surface area contributed by atoms with Crippen LogP contribution in [-0.2, 0) is 14.4 Å². The van der Waals surface area contributed by atoms with Crippen LogP contribution in [0.3, 0.4) is 0 Å². The van der Waals surface area contributed by atoms with Crippen molar-refractivity contribution in [2.75, 3.05) is 19.0 Å². The van der Waals surface area contributed by atoms with E-state index in [2.05, 4.69) is 5.32 Å². The van der Waals surface area contributed by atoms with Crippen LogP contribution >= 0.6 is 0 Å². The molecule has 1 saturated carbocycles. The second-order valence-corrected chi connectivity index (χ2v) is 7.97. The molecule has 2 atom stereocenters. The van der Waals surface area contributed by atoms with Gasteiger partial charge >= 0.3 is 0 Å². The number of ether oxygens (including phenoxy) is 1. The number of rotatable bonds is 5. The van der Waals surface area contributed by atoms with Gasteiger partial charge in [0.15, 0.2) is 0 Å². The summed E-state index contributed by atoms with van der Waals surface area (Å²) in [7, 11) is 1.58. The number of piperidine rings is 1. The molecular weight excluding hydrogens is 332 g/mol. The van der Waals surface area contributed by atoms with E-state index in [1.54, 1.807) is 31.4 Å². The fourth-order valence-corrected chi connectivity index (χ4v) is 4.22. The van der Waals surface area contributed by atoms with Crippen molar-refractivity contribution in [2.24, 2.45) is 16.7 Å². The van der Waals surface area contributed by atoms with Gasteiger partial charge in [0.2, 0.25) is 17.7 Å². The summed E-state index contributed by atoms with van der Waals surface area (Å²) in [6, 6.07) is 7.01. The van der Waals surface area contributed by atoms with Crippen LogP contribution < -0.4 is 10.1 Å². The highest BCUT2D eigenvalue weighted by Gasteiger charge is 2.64. The lowest BCUT2D eigenvalue weighted by molar-refractivity contribution is -0.167. The van der Waals surface area contributed by atoms with Crippen LogP contribution in [0.5, 0.6) is 5.75 Å². The maximum absolute atomic E-state index is 12.9. The van der Waals surface area contributed by atoms with Gasteiger partial charge < -0.3 is 10.1 Å². The molecule has 1 N–H and O–H groups in total. The first-order chi connectivity index (χ1) is 12.2. The van der Waals surface area contributed by atoms with Gasteiger partial charge in [0, 0.05) is 24.6 Å². The zero-order valence-electron chi connectivity index (χ0n) is 15.8. The number of imide groups is 1. The number of hydrogen-bond acceptors (Lipinski definition) is 4. The highest BCUT2D eigenvalue weighted by molar-refractivity contribution is 6.04. The van der Waals surface area contributed by atoms with Crippen LogP contribution in [0.15, 0.2) is 24.3 Å². The summed E-state index contributed by atoms with van der Waals surface area (Å²) in [6.45, 7) is 6.09. The minimum atomic E-state index is -0.530. The van der Waals surface area contributed by atoms with Crippen molar-refractivity contribution in [1.29, 1.82) is 0 Å². The van der Waals surface area contributed by atoms with Gasteiger partial charge in [-0.25, -0.2) is 0 Å². The van der Waals surface area contributed by atoms with E-state index in [0.29, 0.717) is 11.4 Å². The zero-order chi connectivity index (χ0) is 19.1. The summed E-state index contributed by atoms with van der Waals surface area (Å²) in [4.78, 5) is 39.2. The zero-order valence-corrected chi connectivity index (χ0v) is 15.8. The van der Waals surface area contributed by atoms with Gasteiger partial charge in [-0.15, -0.1) is 0 Å². The van der Waals surface area contributed by atoms with Gasteiger partial charge in [0.25, 0.3) is 0 Å². The van der Waals surface area contributed by atoms with E-state index < -0.39 is 5.41 Å². The fraction of sp³-hybridized carbons (Fsp3) is 0.550. The lowest BCUT2D eigenvalue weighted by Gasteiger charge is -2.47. The third-order valence-electron chi connectivity index (χ3n) is 6.44. The Morgan fingerprint density at radius 3 is 2.50 bits per heavy atom. The second-order valence-electron chi connectivity index (χ2n) is 7.97. The molecule has 1 aliphatic heterocycles. The van der Waals surface area contributed by atoms with E-state index in [-0.39, 0.29) is 42.0 Å². The summed E-state index contributed by atoms with van der Waals surface area (Å²) in [5.41, 5.74) is -0.207. The normalized spacial score (nSPS) is 26.8. The van der Waals surface area contributed by atoms with Crippen molar-refractivity contribution in [3.8, 4) is 5.75 Å². The molecule has 2 fully saturated rings. The fourth-order valence-electron chi connectivity index (χ4n) is 4.22. The first kappa shape index (κ1) is 18.4. The molecule has 6 heteroatoms. The second kappa shape index (κ2) is 6.41. The van der Waals surface area contributed by atoms with Crippen LogP contribution in [-0.4, -0.2) is 36.3 Å². The Hall–Kier alpha value is -2.37. The van der Waals surface area contributed by atoms with Gasteiger partial charge in [-0.1, -0.05) is 20.8 Å². The molecule has 140 valence electrons. The molecule has 2 unspecified atom stereocenters. The standard InChI is InChI=1S/C20H26N2O4/c1-19(2)15-9-11-20(19,3)18(25)22(17(15)24)12-10-16(23)21-13-5-7-14(26-4)8-6-13/h5-8,15H,9-12H2,1-4H3,(H,21,23). The Morgan fingerprint density at radius 1 is 1.23 bits per heavy atom. The van der Waals surface area contributed by atoms with Crippen molar-refractivity contribution < 1.29 is 19.1 Å². The van der Waals surface area contributed by atoms with Crippen molar-refractivity contribution in [1.82, 2.24) is 4.90 Å². The lowest BCUT2D eigenvalue weighted by Crippen LogP contribution is -2.59. The molecule has 2 bridgehead atoms. The maximum Gasteiger partial charge on any atom is 0.235 e. The van der Waals surface area contributed by atoms with Gasteiger partial charge in [-0.05, 0) is 42.5 Å². The molecule has 0 spiro atoms. The first-order valence-electron chi connectivity index (χ1n) is 9.00. The van der Waals surface area contributed by atoms with Gasteiger partial charge in [0.1, 0.15) is 5.75 Å². The van der Waals surface area contributed by atoms with Crippen LogP contribution in [0.2, 0.25) is 0 Å². The van der Waals surface area contributed by atoms with E-state index in [1.165, 1.54) is 4.90 Å². The number of likely N-dealkylation sites (tertiary alicyclic amines) is 1. The van der Waals surface area contributed by atoms with Gasteiger partial charge in [0.05, 0.1) is 12.5 Å². The predicted octanol–water partition coefficient (Wildman–Crippen LogP) is 2.84. The predicted molar refractivity (Wildman–Crippen MR) is 97.6 cm³/mol. The molecule has 6 nitrogen and oxygen atoms in total. The summed E-state index contributed by atoms with van der Waals surface area (Å²) in [6.07, 6.45) is 1.55. The highest BCUT2D eigenvalue weighted by Crippen LogP contribution is 2.59. The molecule has 3 rings (SSSR count). The molecule has 0 aromatic heterocycles. The third-order valence-corrected chi connectivity index (χ3v) is 6.44. The SMILES string of the molecule is COc1ccc(NC(=O)CCN2C(=O)C3CCC(C)(C2=O)C3(C)C)cc1. The van der Waals surface area contributed by atoms with Crippen LogP contribution in [0.25, 0.3) is 0 Å². The number of carbonyl (C=O) groups excluding carboxylic acids is 3. The van der Waals surface area contributed by atoms with Gasteiger partial charge in [-0.3, -0.25) is 19.3 Å². The molecule has 1 aliphatic carbocycles. The third kappa shape index (κ3) is 2.77. The minimum absolute atomic E-state index is 0.0900. The molecule has 1 saturated heterocycles. The number of anilines is 1. The summed E-state index contributed by atoms with van der Waals surface area (Å²) < 4.78 is 5.08. The average Bonchev–Trinajstić information content (AvgIpc) is 2.79. The lowest BCUT2D eigenvalue weighted by atomic mass is 9.62. The summed E-state index contributed by atoms with van der Waals surface area (Å²) in [5.74, 6) is 0.0671. The number of nitrogens with zero attached hydrogens (tertiary/aromatic N) is 1. The summed E-state index contributed by atoms with van der Waals surface area (Å²) in [5, 5.41) is 2.78. The van der Waals surface area contributed by atoms with Gasteiger partial charge in [-0.2, -0.15) is 0 Å². The van der Waals surface area contributed by atoms with Crippen molar-refractivity contribution in [2.45, 2.75) is 40.0 Å². The first-order valence-corrected chi connectivity index (χ1v) is 9.00. The quantitative estimate of drug-likeness (QED) is 0.821. The number of fused-ring (bicyclic) bond motifs is 2. The highest BCUT2D eigenvalue weighted by atomic mass is 16.5. The Balaban J connectivity index is 1.63. The molecule has 3 amide bonds. The molecule has 2 aliphatic rings. The Labute approximate surface area is 153 Å². The average molecular weight is 358 g/mol. The number of hydrogen-bond donors (Lipinski definition) is 1. The number of carbonyl (C=O) groups is 3. The maximum atomic E-state index is 12.9. The molecule has 1 aromatic carbocycles.